The number of para-hydroxylation sites is 2. The molecule has 7 nitrogen and oxygen atoms in total. The molecule has 3 heterocycles. The van der Waals surface area contributed by atoms with Crippen LogP contribution in [0.3, 0.4) is 0 Å². The van der Waals surface area contributed by atoms with E-state index in [1.807, 2.05) is 31.2 Å². The highest BCUT2D eigenvalue weighted by Gasteiger charge is 2.35. The van der Waals surface area contributed by atoms with Crippen LogP contribution in [0, 0.1) is 17.6 Å². The van der Waals surface area contributed by atoms with Crippen LogP contribution in [0.4, 0.5) is 14.8 Å². The molecule has 0 radical (unpaired) electrons. The van der Waals surface area contributed by atoms with Crippen LogP contribution >= 0.6 is 0 Å². The van der Waals surface area contributed by atoms with Crippen molar-refractivity contribution >= 4 is 23.0 Å². The molecule has 2 aromatic carbocycles. The number of aromatic nitrogens is 3. The Kier molecular flexibility index (Phi) is 5.91. The van der Waals surface area contributed by atoms with Gasteiger partial charge in [0.1, 0.15) is 17.2 Å². The van der Waals surface area contributed by atoms with Gasteiger partial charge in [0, 0.05) is 25.5 Å². The van der Waals surface area contributed by atoms with Crippen molar-refractivity contribution < 1.29 is 18.0 Å². The number of amides is 1. The molecular weight excluding hydrogens is 440 g/mol. The number of hydrogen-bond donors (Lipinski definition) is 1. The molecule has 4 aromatic rings. The van der Waals surface area contributed by atoms with Gasteiger partial charge in [-0.2, -0.15) is 4.98 Å². The Morgan fingerprint density at radius 2 is 1.88 bits per heavy atom. The van der Waals surface area contributed by atoms with Gasteiger partial charge in [0.15, 0.2) is 11.4 Å². The van der Waals surface area contributed by atoms with Gasteiger partial charge in [0.2, 0.25) is 0 Å². The maximum absolute atomic E-state index is 15.0. The van der Waals surface area contributed by atoms with Crippen molar-refractivity contribution in [2.45, 2.75) is 25.8 Å². The molecule has 5 rings (SSSR count). The van der Waals surface area contributed by atoms with Crippen molar-refractivity contribution in [3.05, 3.63) is 72.1 Å². The van der Waals surface area contributed by atoms with Crippen molar-refractivity contribution in [3.8, 4) is 11.4 Å². The molecule has 1 amide bonds. The lowest BCUT2D eigenvalue weighted by Crippen LogP contribution is -2.51. The Morgan fingerprint density at radius 3 is 2.68 bits per heavy atom. The van der Waals surface area contributed by atoms with Gasteiger partial charge in [-0.05, 0) is 49.1 Å². The molecule has 1 aliphatic heterocycles. The van der Waals surface area contributed by atoms with Crippen molar-refractivity contribution in [1.82, 2.24) is 19.9 Å². The minimum atomic E-state index is -0.808. The average molecular weight is 463 g/mol. The standard InChI is InChI=1S/C25H23F2N5O2/c1-15-6-4-13-32(19(15)14-30-25-31-18-7-2-3-8-20(18)34-25)24(33)22-17(27)10-9-16(26)21(22)23-28-11-5-12-29-23/h2-3,5,7-12,15,19H,4,6,13-14H2,1H3,(H,30,31)/t15-,19-/m1/s1. The maximum Gasteiger partial charge on any atom is 0.295 e. The molecule has 0 unspecified atom stereocenters. The number of hydrogen-bond acceptors (Lipinski definition) is 6. The first-order chi connectivity index (χ1) is 16.5. The number of nitrogens with one attached hydrogen (secondary N) is 1. The topological polar surface area (TPSA) is 84.2 Å². The average Bonchev–Trinajstić information content (AvgIpc) is 3.27. The van der Waals surface area contributed by atoms with Gasteiger partial charge >= 0.3 is 0 Å². The number of fused-ring (bicyclic) bond motifs is 1. The van der Waals surface area contributed by atoms with Crippen LogP contribution in [-0.4, -0.2) is 44.9 Å². The lowest BCUT2D eigenvalue weighted by atomic mass is 9.89. The smallest absolute Gasteiger partial charge is 0.295 e. The summed E-state index contributed by atoms with van der Waals surface area (Å²) in [7, 11) is 0. The van der Waals surface area contributed by atoms with Gasteiger partial charge in [-0.25, -0.2) is 18.7 Å². The molecular formula is C25H23F2N5O2. The first-order valence-corrected chi connectivity index (χ1v) is 11.2. The van der Waals surface area contributed by atoms with E-state index in [1.165, 1.54) is 12.4 Å². The van der Waals surface area contributed by atoms with Crippen molar-refractivity contribution in [1.29, 1.82) is 0 Å². The number of carbonyl (C=O) groups is 1. The van der Waals surface area contributed by atoms with E-state index in [0.29, 0.717) is 24.7 Å². The first kappa shape index (κ1) is 21.9. The molecule has 0 bridgehead atoms. The van der Waals surface area contributed by atoms with Crippen LogP contribution in [0.1, 0.15) is 30.1 Å². The number of anilines is 1. The second-order valence-corrected chi connectivity index (χ2v) is 8.40. The van der Waals surface area contributed by atoms with Crippen molar-refractivity contribution in [3.63, 3.8) is 0 Å². The number of likely N-dealkylation sites (tertiary alicyclic amines) is 1. The first-order valence-electron chi connectivity index (χ1n) is 11.2. The lowest BCUT2D eigenvalue weighted by Gasteiger charge is -2.40. The summed E-state index contributed by atoms with van der Waals surface area (Å²) in [6.07, 6.45) is 4.53. The van der Waals surface area contributed by atoms with Crippen LogP contribution in [0.2, 0.25) is 0 Å². The van der Waals surface area contributed by atoms with E-state index >= 15 is 4.39 Å². The summed E-state index contributed by atoms with van der Waals surface area (Å²) in [6.45, 7) is 2.82. The van der Waals surface area contributed by atoms with E-state index in [9.17, 15) is 9.18 Å². The van der Waals surface area contributed by atoms with Crippen LogP contribution < -0.4 is 5.32 Å². The Morgan fingerprint density at radius 1 is 1.12 bits per heavy atom. The number of nitrogens with zero attached hydrogens (tertiary/aromatic N) is 4. The fourth-order valence-electron chi connectivity index (χ4n) is 4.50. The molecule has 9 heteroatoms. The third kappa shape index (κ3) is 4.09. The third-order valence-electron chi connectivity index (χ3n) is 6.24. The Labute approximate surface area is 194 Å². The summed E-state index contributed by atoms with van der Waals surface area (Å²) < 4.78 is 35.6. The summed E-state index contributed by atoms with van der Waals surface area (Å²) in [4.78, 5) is 27.8. The van der Waals surface area contributed by atoms with Crippen LogP contribution in [0.25, 0.3) is 22.5 Å². The Hall–Kier alpha value is -3.88. The SMILES string of the molecule is C[C@@H]1CCCN(C(=O)c2c(F)ccc(F)c2-c2ncccn2)[C@@H]1CNc1nc2ccccc2o1. The van der Waals surface area contributed by atoms with Gasteiger partial charge in [-0.15, -0.1) is 0 Å². The highest BCUT2D eigenvalue weighted by Crippen LogP contribution is 2.31. The number of halogens is 2. The number of benzene rings is 2. The predicted molar refractivity (Wildman–Crippen MR) is 123 cm³/mol. The maximum atomic E-state index is 15.0. The molecule has 1 fully saturated rings. The summed E-state index contributed by atoms with van der Waals surface area (Å²) in [5.74, 6) is -2.05. The Balaban J connectivity index is 1.46. The number of oxazole rings is 1. The molecule has 34 heavy (non-hydrogen) atoms. The fraction of sp³-hybridized carbons (Fsp3) is 0.280. The molecule has 0 spiro atoms. The molecule has 0 saturated carbocycles. The van der Waals surface area contributed by atoms with E-state index in [1.54, 1.807) is 11.0 Å². The second kappa shape index (κ2) is 9.17. The van der Waals surface area contributed by atoms with Gasteiger partial charge in [0.25, 0.3) is 11.9 Å². The molecule has 1 N–H and O–H groups in total. The zero-order valence-electron chi connectivity index (χ0n) is 18.5. The van der Waals surface area contributed by atoms with Gasteiger partial charge < -0.3 is 14.6 Å². The van der Waals surface area contributed by atoms with E-state index in [4.69, 9.17) is 4.42 Å². The number of piperidine rings is 1. The van der Waals surface area contributed by atoms with Crippen LogP contribution in [0.5, 0.6) is 0 Å². The van der Waals surface area contributed by atoms with Gasteiger partial charge in [-0.1, -0.05) is 19.1 Å². The van der Waals surface area contributed by atoms with Crippen LogP contribution in [0.15, 0.2) is 59.3 Å². The van der Waals surface area contributed by atoms with Gasteiger partial charge in [0.05, 0.1) is 17.2 Å². The molecule has 1 saturated heterocycles. The predicted octanol–water partition coefficient (Wildman–Crippen LogP) is 4.92. The van der Waals surface area contributed by atoms with E-state index in [2.05, 4.69) is 20.3 Å². The minimum absolute atomic E-state index is 0.0333. The molecule has 174 valence electrons. The highest BCUT2D eigenvalue weighted by molar-refractivity contribution is 6.00. The molecule has 1 aliphatic rings. The largest absolute Gasteiger partial charge is 0.424 e. The highest BCUT2D eigenvalue weighted by atomic mass is 19.1. The lowest BCUT2D eigenvalue weighted by molar-refractivity contribution is 0.0535. The summed E-state index contributed by atoms with van der Waals surface area (Å²) in [5.41, 5.74) is 0.801. The number of carbonyl (C=O) groups excluding carboxylic acids is 1. The zero-order valence-corrected chi connectivity index (χ0v) is 18.5. The minimum Gasteiger partial charge on any atom is -0.424 e. The zero-order chi connectivity index (χ0) is 23.7. The van der Waals surface area contributed by atoms with Gasteiger partial charge in [-0.3, -0.25) is 4.79 Å². The number of rotatable bonds is 5. The van der Waals surface area contributed by atoms with E-state index < -0.39 is 17.5 Å². The normalized spacial score (nSPS) is 18.3. The van der Waals surface area contributed by atoms with E-state index in [-0.39, 0.29) is 28.9 Å². The molecule has 0 aliphatic carbocycles. The summed E-state index contributed by atoms with van der Waals surface area (Å²) in [6, 6.07) is 11.0. The fourth-order valence-corrected chi connectivity index (χ4v) is 4.50. The van der Waals surface area contributed by atoms with E-state index in [0.717, 1.165) is 30.5 Å². The summed E-state index contributed by atoms with van der Waals surface area (Å²) in [5, 5.41) is 3.18. The summed E-state index contributed by atoms with van der Waals surface area (Å²) >= 11 is 0. The Bertz CT molecular complexity index is 1290. The van der Waals surface area contributed by atoms with Crippen LogP contribution in [-0.2, 0) is 0 Å². The molecule has 2 atom stereocenters. The van der Waals surface area contributed by atoms with Crippen molar-refractivity contribution in [2.24, 2.45) is 5.92 Å². The monoisotopic (exact) mass is 463 g/mol. The molecule has 2 aromatic heterocycles. The van der Waals surface area contributed by atoms with Crippen molar-refractivity contribution in [2.75, 3.05) is 18.4 Å². The quantitative estimate of drug-likeness (QED) is 0.453. The third-order valence-corrected chi connectivity index (χ3v) is 6.24. The second-order valence-electron chi connectivity index (χ2n) is 8.40.